The first-order valence-electron chi connectivity index (χ1n) is 11.4. The predicted molar refractivity (Wildman–Crippen MR) is 109 cm³/mol. The molecule has 4 atom stereocenters. The van der Waals surface area contributed by atoms with Gasteiger partial charge in [-0.15, -0.1) is 0 Å². The molecular weight excluding hydrogens is 340 g/mol. The second kappa shape index (κ2) is 14.1. The third-order valence-electron chi connectivity index (χ3n) is 6.10. The summed E-state index contributed by atoms with van der Waals surface area (Å²) in [5, 5.41) is 10.1. The van der Waals surface area contributed by atoms with E-state index in [0.717, 1.165) is 70.6 Å². The lowest BCUT2D eigenvalue weighted by molar-refractivity contribution is -0.147. The maximum Gasteiger partial charge on any atom is 0.308 e. The fourth-order valence-electron chi connectivity index (χ4n) is 4.29. The first-order chi connectivity index (χ1) is 13.0. The molecule has 4 nitrogen and oxygen atoms in total. The van der Waals surface area contributed by atoms with Crippen LogP contribution in [-0.4, -0.2) is 29.6 Å². The third-order valence-corrected chi connectivity index (χ3v) is 6.10. The van der Waals surface area contributed by atoms with Gasteiger partial charge in [0.25, 0.3) is 0 Å². The molecule has 0 bridgehead atoms. The molecule has 2 unspecified atom stereocenters. The molecule has 1 aliphatic rings. The molecule has 0 amide bonds. The molecule has 0 heterocycles. The SMILES string of the molecule is CCCCCC(O)CC[C@H]1CCC(=O)[C@@H]1CCCCCC(C)C(=O)OCC. The second-order valence-corrected chi connectivity index (χ2v) is 8.39. The minimum Gasteiger partial charge on any atom is -0.466 e. The average molecular weight is 383 g/mol. The quantitative estimate of drug-likeness (QED) is 0.302. The van der Waals surface area contributed by atoms with Crippen LogP contribution in [0, 0.1) is 17.8 Å². The van der Waals surface area contributed by atoms with Crippen molar-refractivity contribution in [1.82, 2.24) is 0 Å². The Balaban J connectivity index is 2.21. The van der Waals surface area contributed by atoms with Gasteiger partial charge in [0.05, 0.1) is 18.6 Å². The molecular formula is C23H42O4. The van der Waals surface area contributed by atoms with Crippen LogP contribution in [0.5, 0.6) is 0 Å². The monoisotopic (exact) mass is 382 g/mol. The van der Waals surface area contributed by atoms with Crippen LogP contribution in [0.1, 0.15) is 104 Å². The summed E-state index contributed by atoms with van der Waals surface area (Å²) in [6.45, 7) is 6.39. The Hall–Kier alpha value is -0.900. The van der Waals surface area contributed by atoms with E-state index >= 15 is 0 Å². The largest absolute Gasteiger partial charge is 0.466 e. The molecule has 0 aromatic heterocycles. The van der Waals surface area contributed by atoms with Gasteiger partial charge in [0.15, 0.2) is 0 Å². The lowest BCUT2D eigenvalue weighted by atomic mass is 9.85. The Morgan fingerprint density at radius 3 is 2.52 bits per heavy atom. The van der Waals surface area contributed by atoms with Crippen molar-refractivity contribution in [1.29, 1.82) is 0 Å². The number of hydrogen-bond acceptors (Lipinski definition) is 4. The summed E-state index contributed by atoms with van der Waals surface area (Å²) in [7, 11) is 0. The van der Waals surface area contributed by atoms with E-state index in [4.69, 9.17) is 4.74 Å². The number of esters is 1. The topological polar surface area (TPSA) is 63.6 Å². The smallest absolute Gasteiger partial charge is 0.308 e. The van der Waals surface area contributed by atoms with Crippen molar-refractivity contribution in [2.24, 2.45) is 17.8 Å². The zero-order valence-electron chi connectivity index (χ0n) is 17.9. The highest BCUT2D eigenvalue weighted by molar-refractivity contribution is 5.83. The van der Waals surface area contributed by atoms with Crippen LogP contribution in [0.25, 0.3) is 0 Å². The van der Waals surface area contributed by atoms with Crippen LogP contribution < -0.4 is 0 Å². The number of aliphatic hydroxyl groups excluding tert-OH is 1. The van der Waals surface area contributed by atoms with E-state index in [0.29, 0.717) is 18.3 Å². The van der Waals surface area contributed by atoms with Crippen LogP contribution >= 0.6 is 0 Å². The molecule has 1 aliphatic carbocycles. The van der Waals surface area contributed by atoms with Crippen molar-refractivity contribution >= 4 is 11.8 Å². The number of hydrogen-bond donors (Lipinski definition) is 1. The number of ketones is 1. The second-order valence-electron chi connectivity index (χ2n) is 8.39. The Kier molecular flexibility index (Phi) is 12.6. The number of aliphatic hydroxyl groups is 1. The maximum atomic E-state index is 12.2. The molecule has 1 saturated carbocycles. The van der Waals surface area contributed by atoms with Gasteiger partial charge < -0.3 is 9.84 Å². The van der Waals surface area contributed by atoms with Gasteiger partial charge in [-0.3, -0.25) is 9.59 Å². The lowest BCUT2D eigenvalue weighted by Crippen LogP contribution is -2.17. The fraction of sp³-hybridized carbons (Fsp3) is 0.913. The first kappa shape index (κ1) is 24.1. The Morgan fingerprint density at radius 2 is 1.81 bits per heavy atom. The number of ether oxygens (including phenoxy) is 1. The normalized spacial score (nSPS) is 22.0. The van der Waals surface area contributed by atoms with Crippen LogP contribution in [0.3, 0.4) is 0 Å². The van der Waals surface area contributed by atoms with E-state index in [2.05, 4.69) is 6.92 Å². The van der Waals surface area contributed by atoms with Gasteiger partial charge in [-0.1, -0.05) is 52.4 Å². The van der Waals surface area contributed by atoms with Crippen LogP contribution in [0.4, 0.5) is 0 Å². The molecule has 1 fully saturated rings. The molecule has 1 rings (SSSR count). The van der Waals surface area contributed by atoms with E-state index in [-0.39, 0.29) is 23.9 Å². The number of unbranched alkanes of at least 4 members (excludes halogenated alkanes) is 4. The predicted octanol–water partition coefficient (Wildman–Crippen LogP) is 5.45. The molecule has 158 valence electrons. The molecule has 0 spiro atoms. The van der Waals surface area contributed by atoms with Crippen molar-refractivity contribution in [2.45, 2.75) is 110 Å². The Morgan fingerprint density at radius 1 is 1.07 bits per heavy atom. The summed E-state index contributed by atoms with van der Waals surface area (Å²) < 4.78 is 5.04. The number of carbonyl (C=O) groups excluding carboxylic acids is 2. The number of carbonyl (C=O) groups is 2. The zero-order valence-corrected chi connectivity index (χ0v) is 17.9. The molecule has 4 heteroatoms. The van der Waals surface area contributed by atoms with E-state index in [1.807, 2.05) is 13.8 Å². The van der Waals surface area contributed by atoms with Crippen LogP contribution in [0.15, 0.2) is 0 Å². The van der Waals surface area contributed by atoms with Crippen molar-refractivity contribution in [2.75, 3.05) is 6.61 Å². The van der Waals surface area contributed by atoms with Gasteiger partial charge in [-0.2, -0.15) is 0 Å². The van der Waals surface area contributed by atoms with E-state index in [9.17, 15) is 14.7 Å². The summed E-state index contributed by atoms with van der Waals surface area (Å²) in [6, 6.07) is 0. The van der Waals surface area contributed by atoms with E-state index in [1.165, 1.54) is 12.8 Å². The molecule has 0 aromatic rings. The van der Waals surface area contributed by atoms with Gasteiger partial charge in [0, 0.05) is 12.3 Å². The molecule has 0 aliphatic heterocycles. The van der Waals surface area contributed by atoms with Crippen molar-refractivity contribution in [3.05, 3.63) is 0 Å². The Labute approximate surface area is 166 Å². The average Bonchev–Trinajstić information content (AvgIpc) is 3.00. The molecule has 0 radical (unpaired) electrons. The summed E-state index contributed by atoms with van der Waals surface area (Å²) in [5.74, 6) is 0.980. The summed E-state index contributed by atoms with van der Waals surface area (Å²) >= 11 is 0. The highest BCUT2D eigenvalue weighted by atomic mass is 16.5. The standard InChI is InChI=1S/C23H42O4/c1-4-6-8-12-20(24)16-14-19-15-17-22(25)21(19)13-10-7-9-11-18(3)23(26)27-5-2/h18-21,24H,4-17H2,1-3H3/t18?,19-,20?,21+/m0/s1. The fourth-order valence-corrected chi connectivity index (χ4v) is 4.29. The van der Waals surface area contributed by atoms with E-state index in [1.54, 1.807) is 0 Å². The minimum absolute atomic E-state index is 0.0278. The van der Waals surface area contributed by atoms with Crippen molar-refractivity contribution in [3.63, 3.8) is 0 Å². The highest BCUT2D eigenvalue weighted by Crippen LogP contribution is 2.36. The summed E-state index contributed by atoms with van der Waals surface area (Å²) in [6.07, 6.45) is 12.7. The van der Waals surface area contributed by atoms with Gasteiger partial charge in [-0.05, 0) is 51.4 Å². The first-order valence-corrected chi connectivity index (χ1v) is 11.4. The Bertz CT molecular complexity index is 421. The molecule has 0 aromatic carbocycles. The minimum atomic E-state index is -0.197. The molecule has 27 heavy (non-hydrogen) atoms. The van der Waals surface area contributed by atoms with Gasteiger partial charge >= 0.3 is 5.97 Å². The van der Waals surface area contributed by atoms with Gasteiger partial charge in [0.2, 0.25) is 0 Å². The van der Waals surface area contributed by atoms with Crippen molar-refractivity contribution in [3.8, 4) is 0 Å². The van der Waals surface area contributed by atoms with Crippen LogP contribution in [-0.2, 0) is 14.3 Å². The lowest BCUT2D eigenvalue weighted by Gasteiger charge is -2.20. The van der Waals surface area contributed by atoms with E-state index < -0.39 is 0 Å². The van der Waals surface area contributed by atoms with Crippen molar-refractivity contribution < 1.29 is 19.4 Å². The molecule has 0 saturated heterocycles. The van der Waals surface area contributed by atoms with Gasteiger partial charge in [-0.25, -0.2) is 0 Å². The molecule has 1 N–H and O–H groups in total. The summed E-state index contributed by atoms with van der Waals surface area (Å²) in [5.41, 5.74) is 0. The number of rotatable bonds is 15. The maximum absolute atomic E-state index is 12.2. The zero-order chi connectivity index (χ0) is 20.1. The summed E-state index contributed by atoms with van der Waals surface area (Å²) in [4.78, 5) is 23.9. The van der Waals surface area contributed by atoms with Gasteiger partial charge in [0.1, 0.15) is 5.78 Å². The highest BCUT2D eigenvalue weighted by Gasteiger charge is 2.33. The van der Waals surface area contributed by atoms with Crippen LogP contribution in [0.2, 0.25) is 0 Å². The third kappa shape index (κ3) is 9.73. The number of Topliss-reactive ketones (excluding diaryl/α,β-unsaturated/α-hetero) is 1.